The Morgan fingerprint density at radius 2 is 2.19 bits per heavy atom. The summed E-state index contributed by atoms with van der Waals surface area (Å²) in [5.41, 5.74) is 0.907. The third-order valence-electron chi connectivity index (χ3n) is 3.63. The lowest BCUT2D eigenvalue weighted by atomic mass is 10.2. The first kappa shape index (κ1) is 15.9. The van der Waals surface area contributed by atoms with Crippen LogP contribution in [0.3, 0.4) is 0 Å². The van der Waals surface area contributed by atoms with Crippen molar-refractivity contribution in [2.24, 2.45) is 0 Å². The van der Waals surface area contributed by atoms with E-state index in [1.807, 2.05) is 25.6 Å². The summed E-state index contributed by atoms with van der Waals surface area (Å²) in [5.74, 6) is 0.332. The van der Waals surface area contributed by atoms with E-state index in [-0.39, 0.29) is 11.8 Å². The van der Waals surface area contributed by atoms with Gasteiger partial charge in [-0.15, -0.1) is 0 Å². The number of hydrogen-bond acceptors (Lipinski definition) is 5. The van der Waals surface area contributed by atoms with E-state index in [4.69, 9.17) is 4.74 Å². The van der Waals surface area contributed by atoms with Crippen LogP contribution < -0.4 is 10.1 Å². The van der Waals surface area contributed by atoms with Crippen LogP contribution in [0.4, 0.5) is 11.4 Å². The molecule has 1 N–H and O–H groups in total. The highest BCUT2D eigenvalue weighted by atomic mass is 32.2. The van der Waals surface area contributed by atoms with Crippen molar-refractivity contribution < 1.29 is 9.66 Å². The molecule has 0 radical (unpaired) electrons. The summed E-state index contributed by atoms with van der Waals surface area (Å²) in [6, 6.07) is 5.45. The monoisotopic (exact) mass is 310 g/mol. The first-order valence-electron chi connectivity index (χ1n) is 7.25. The lowest BCUT2D eigenvalue weighted by Crippen LogP contribution is -2.25. The van der Waals surface area contributed by atoms with Gasteiger partial charge in [-0.25, -0.2) is 0 Å². The molecule has 116 valence electrons. The molecule has 6 heteroatoms. The summed E-state index contributed by atoms with van der Waals surface area (Å²) >= 11 is 1.88. The van der Waals surface area contributed by atoms with E-state index in [9.17, 15) is 10.1 Å². The number of benzene rings is 1. The highest BCUT2D eigenvalue weighted by Gasteiger charge is 2.27. The molecule has 1 fully saturated rings. The normalized spacial score (nSPS) is 21.5. The fraction of sp³-hybridized carbons (Fsp3) is 0.600. The second-order valence-corrected chi connectivity index (χ2v) is 6.64. The predicted molar refractivity (Wildman–Crippen MR) is 87.4 cm³/mol. The van der Waals surface area contributed by atoms with Crippen LogP contribution in [0.2, 0.25) is 0 Å². The van der Waals surface area contributed by atoms with Gasteiger partial charge < -0.3 is 10.1 Å². The molecule has 0 bridgehead atoms. The van der Waals surface area contributed by atoms with Crippen LogP contribution in [0.5, 0.6) is 5.75 Å². The Morgan fingerprint density at radius 1 is 1.43 bits per heavy atom. The van der Waals surface area contributed by atoms with Crippen molar-refractivity contribution in [3.8, 4) is 5.75 Å². The van der Waals surface area contributed by atoms with Gasteiger partial charge in [0.25, 0.3) is 0 Å². The Balaban J connectivity index is 2.18. The van der Waals surface area contributed by atoms with Crippen LogP contribution in [0.25, 0.3) is 0 Å². The minimum Gasteiger partial charge on any atom is -0.484 e. The molecule has 0 spiro atoms. The Kier molecular flexibility index (Phi) is 5.33. The average Bonchev–Trinajstić information content (AvgIpc) is 2.85. The molecule has 0 saturated heterocycles. The van der Waals surface area contributed by atoms with Crippen LogP contribution in [0.1, 0.15) is 33.1 Å². The minimum atomic E-state index is -0.401. The Hall–Kier alpha value is -1.43. The van der Waals surface area contributed by atoms with E-state index >= 15 is 0 Å². The van der Waals surface area contributed by atoms with Gasteiger partial charge in [0.1, 0.15) is 0 Å². The molecular weight excluding hydrogens is 288 g/mol. The van der Waals surface area contributed by atoms with Gasteiger partial charge in [-0.3, -0.25) is 10.1 Å². The smallest absolute Gasteiger partial charge is 0.311 e. The lowest BCUT2D eigenvalue weighted by molar-refractivity contribution is -0.386. The third-order valence-corrected chi connectivity index (χ3v) is 4.80. The van der Waals surface area contributed by atoms with Crippen molar-refractivity contribution >= 4 is 23.1 Å². The second kappa shape index (κ2) is 7.02. The molecule has 0 heterocycles. The van der Waals surface area contributed by atoms with Gasteiger partial charge in [-0.1, -0.05) is 6.42 Å². The molecule has 1 aliphatic rings. The summed E-state index contributed by atoms with van der Waals surface area (Å²) in [6.45, 7) is 3.73. The number of ether oxygens (including phenoxy) is 1. The van der Waals surface area contributed by atoms with Crippen molar-refractivity contribution in [2.45, 2.75) is 50.5 Å². The van der Waals surface area contributed by atoms with Gasteiger partial charge >= 0.3 is 5.69 Å². The van der Waals surface area contributed by atoms with Crippen LogP contribution >= 0.6 is 11.8 Å². The van der Waals surface area contributed by atoms with E-state index in [2.05, 4.69) is 11.6 Å². The highest BCUT2D eigenvalue weighted by Crippen LogP contribution is 2.34. The zero-order valence-corrected chi connectivity index (χ0v) is 13.5. The maximum Gasteiger partial charge on any atom is 0.311 e. The molecule has 0 amide bonds. The third kappa shape index (κ3) is 4.03. The van der Waals surface area contributed by atoms with Crippen LogP contribution in [0.15, 0.2) is 18.2 Å². The molecule has 1 aromatic rings. The van der Waals surface area contributed by atoms with E-state index < -0.39 is 4.92 Å². The SMILES string of the molecule is CSC1CCCC1Nc1ccc([N+](=O)[O-])c(OC(C)C)c1. The van der Waals surface area contributed by atoms with Crippen molar-refractivity contribution in [3.63, 3.8) is 0 Å². The number of rotatable bonds is 6. The molecule has 0 aromatic heterocycles. The first-order valence-corrected chi connectivity index (χ1v) is 8.54. The van der Waals surface area contributed by atoms with Crippen molar-refractivity contribution in [3.05, 3.63) is 28.3 Å². The van der Waals surface area contributed by atoms with Crippen molar-refractivity contribution in [1.29, 1.82) is 0 Å². The molecule has 5 nitrogen and oxygen atoms in total. The zero-order chi connectivity index (χ0) is 15.4. The fourth-order valence-electron chi connectivity index (χ4n) is 2.69. The molecule has 1 saturated carbocycles. The summed E-state index contributed by atoms with van der Waals surface area (Å²) in [6.07, 6.45) is 5.63. The molecule has 2 atom stereocenters. The van der Waals surface area contributed by atoms with Gasteiger partial charge in [0.05, 0.1) is 11.0 Å². The summed E-state index contributed by atoms with van der Waals surface area (Å²) < 4.78 is 5.58. The summed E-state index contributed by atoms with van der Waals surface area (Å²) in [5, 5.41) is 15.2. The number of anilines is 1. The number of nitro groups is 1. The van der Waals surface area contributed by atoms with E-state index in [0.717, 1.165) is 12.1 Å². The highest BCUT2D eigenvalue weighted by molar-refractivity contribution is 7.99. The average molecular weight is 310 g/mol. The topological polar surface area (TPSA) is 64.4 Å². The maximum atomic E-state index is 11.1. The van der Waals surface area contributed by atoms with Crippen LogP contribution in [-0.4, -0.2) is 28.6 Å². The molecule has 0 aliphatic heterocycles. The van der Waals surface area contributed by atoms with Gasteiger partial charge in [0, 0.05) is 29.1 Å². The lowest BCUT2D eigenvalue weighted by Gasteiger charge is -2.21. The molecule has 1 aromatic carbocycles. The van der Waals surface area contributed by atoms with E-state index in [0.29, 0.717) is 17.0 Å². The molecule has 2 rings (SSSR count). The van der Waals surface area contributed by atoms with Gasteiger partial charge in [0.15, 0.2) is 5.75 Å². The Labute approximate surface area is 129 Å². The number of hydrogen-bond donors (Lipinski definition) is 1. The van der Waals surface area contributed by atoms with Crippen molar-refractivity contribution in [2.75, 3.05) is 11.6 Å². The number of nitrogens with zero attached hydrogens (tertiary/aromatic N) is 1. The van der Waals surface area contributed by atoms with E-state index in [1.54, 1.807) is 12.1 Å². The maximum absolute atomic E-state index is 11.1. The largest absolute Gasteiger partial charge is 0.484 e. The fourth-order valence-corrected chi connectivity index (χ4v) is 3.63. The molecular formula is C15H22N2O3S. The first-order chi connectivity index (χ1) is 10.0. The predicted octanol–water partition coefficient (Wildman–Crippen LogP) is 4.08. The molecule has 1 aliphatic carbocycles. The van der Waals surface area contributed by atoms with E-state index in [1.165, 1.54) is 18.9 Å². The van der Waals surface area contributed by atoms with Crippen LogP contribution in [0, 0.1) is 10.1 Å². The number of nitro benzene ring substituents is 1. The Bertz CT molecular complexity index is 508. The standard InChI is InChI=1S/C15H22N2O3S/c1-10(2)20-14-9-11(7-8-13(14)17(18)19)16-12-5-4-6-15(12)21-3/h7-10,12,15-16H,4-6H2,1-3H3. The Morgan fingerprint density at radius 3 is 2.81 bits per heavy atom. The van der Waals surface area contributed by atoms with Crippen LogP contribution in [-0.2, 0) is 0 Å². The number of thioether (sulfide) groups is 1. The number of nitrogens with one attached hydrogen (secondary N) is 1. The van der Waals surface area contributed by atoms with Gasteiger partial charge in [-0.2, -0.15) is 11.8 Å². The molecule has 21 heavy (non-hydrogen) atoms. The van der Waals surface area contributed by atoms with Crippen molar-refractivity contribution in [1.82, 2.24) is 0 Å². The molecule has 2 unspecified atom stereocenters. The minimum absolute atomic E-state index is 0.0158. The second-order valence-electron chi connectivity index (χ2n) is 5.56. The summed E-state index contributed by atoms with van der Waals surface area (Å²) in [4.78, 5) is 10.7. The quantitative estimate of drug-likeness (QED) is 0.633. The zero-order valence-electron chi connectivity index (χ0n) is 12.7. The summed E-state index contributed by atoms with van der Waals surface area (Å²) in [7, 11) is 0. The van der Waals surface area contributed by atoms with Gasteiger partial charge in [0.2, 0.25) is 0 Å². The van der Waals surface area contributed by atoms with Gasteiger partial charge in [-0.05, 0) is 39.0 Å².